The van der Waals surface area contributed by atoms with Gasteiger partial charge in [0.1, 0.15) is 0 Å². The first-order valence-electron chi connectivity index (χ1n) is 12.4. The average Bonchev–Trinajstić information content (AvgIpc) is 3.63. The Morgan fingerprint density at radius 3 is 1.54 bits per heavy atom. The summed E-state index contributed by atoms with van der Waals surface area (Å²) >= 11 is 5.82. The molecular weight excluding hydrogens is 505 g/mol. The molecule has 6 aromatic carbocycles. The van der Waals surface area contributed by atoms with Gasteiger partial charge in [-0.1, -0.05) is 84.9 Å². The molecule has 0 radical (unpaired) electrons. The van der Waals surface area contributed by atoms with Crippen molar-refractivity contribution in [1.29, 1.82) is 0 Å². The highest BCUT2D eigenvalue weighted by atomic mass is 32.1. The quantitative estimate of drug-likeness (QED) is 0.201. The van der Waals surface area contributed by atoms with Gasteiger partial charge < -0.3 is 0 Å². The zero-order chi connectivity index (χ0) is 24.1. The Hall–Kier alpha value is -3.76. The Kier molecular flexibility index (Phi) is 4.06. The molecule has 3 heterocycles. The van der Waals surface area contributed by atoms with Crippen LogP contribution in [0, 0.1) is 0 Å². The van der Waals surface area contributed by atoms with E-state index in [1.54, 1.807) is 0 Å². The molecular formula is C34H18S3. The number of fused-ring (bicyclic) bond motifs is 14. The molecule has 0 N–H and O–H groups in total. The van der Waals surface area contributed by atoms with Gasteiger partial charge in [0.05, 0.1) is 0 Å². The highest BCUT2D eigenvalue weighted by Gasteiger charge is 2.23. The minimum absolute atomic E-state index is 1.28. The van der Waals surface area contributed by atoms with E-state index in [1.807, 2.05) is 34.0 Å². The minimum atomic E-state index is 1.28. The summed E-state index contributed by atoms with van der Waals surface area (Å²) < 4.78 is 8.27. The Morgan fingerprint density at radius 1 is 0.351 bits per heavy atom. The molecule has 0 saturated heterocycles. The fourth-order valence-corrected chi connectivity index (χ4v) is 9.90. The smallest absolute Gasteiger partial charge is 0.0455 e. The van der Waals surface area contributed by atoms with E-state index in [4.69, 9.17) is 0 Å². The van der Waals surface area contributed by atoms with Crippen LogP contribution >= 0.6 is 34.0 Å². The van der Waals surface area contributed by atoms with Crippen LogP contribution in [0.1, 0.15) is 0 Å². The van der Waals surface area contributed by atoms with Crippen molar-refractivity contribution >= 4 is 105 Å². The molecule has 9 rings (SSSR count). The second kappa shape index (κ2) is 7.39. The summed E-state index contributed by atoms with van der Waals surface area (Å²) in [5, 5.41) is 11.2. The predicted octanol–water partition coefficient (Wildman–Crippen LogP) is 11.6. The van der Waals surface area contributed by atoms with E-state index in [0.29, 0.717) is 0 Å². The molecule has 0 aliphatic heterocycles. The molecule has 0 unspecified atom stereocenters. The van der Waals surface area contributed by atoms with Gasteiger partial charge in [0.15, 0.2) is 0 Å². The van der Waals surface area contributed by atoms with E-state index >= 15 is 0 Å². The fraction of sp³-hybridized carbons (Fsp3) is 0. The van der Waals surface area contributed by atoms with Gasteiger partial charge in [-0.15, -0.1) is 34.0 Å². The summed E-state index contributed by atoms with van der Waals surface area (Å²) in [5.74, 6) is 0. The van der Waals surface area contributed by atoms with Gasteiger partial charge in [-0.3, -0.25) is 0 Å². The molecule has 0 aliphatic carbocycles. The molecule has 0 bridgehead atoms. The maximum Gasteiger partial charge on any atom is 0.0455 e. The highest BCUT2D eigenvalue weighted by Crippen LogP contribution is 2.54. The summed E-state index contributed by atoms with van der Waals surface area (Å²) in [6, 6.07) is 40.3. The van der Waals surface area contributed by atoms with E-state index in [2.05, 4.69) is 109 Å². The number of rotatable bonds is 1. The van der Waals surface area contributed by atoms with Crippen molar-refractivity contribution in [3.05, 3.63) is 109 Å². The largest absolute Gasteiger partial charge is 0.135 e. The lowest BCUT2D eigenvalue weighted by Crippen LogP contribution is -1.85. The van der Waals surface area contributed by atoms with Gasteiger partial charge in [0, 0.05) is 71.3 Å². The van der Waals surface area contributed by atoms with Crippen molar-refractivity contribution in [2.45, 2.75) is 0 Å². The van der Waals surface area contributed by atoms with Crippen LogP contribution in [0.25, 0.3) is 82.4 Å². The van der Waals surface area contributed by atoms with Crippen molar-refractivity contribution in [2.24, 2.45) is 0 Å². The zero-order valence-corrected chi connectivity index (χ0v) is 22.1. The normalized spacial score (nSPS) is 12.3. The molecule has 0 nitrogen and oxygen atoms in total. The van der Waals surface area contributed by atoms with E-state index in [0.717, 1.165) is 0 Å². The SMILES string of the molecule is c1ccc(-c2cc3sc4ccccc4c3c3c2c2sc4ccccc4c2c2sc4ccccc4c23)cc1. The number of thiophene rings is 3. The second-order valence-corrected chi connectivity index (χ2v) is 12.8. The number of benzene rings is 6. The summed E-state index contributed by atoms with van der Waals surface area (Å²) in [7, 11) is 0. The summed E-state index contributed by atoms with van der Waals surface area (Å²) in [6.07, 6.45) is 0. The van der Waals surface area contributed by atoms with Crippen LogP contribution in [-0.2, 0) is 0 Å². The van der Waals surface area contributed by atoms with Crippen molar-refractivity contribution < 1.29 is 0 Å². The predicted molar refractivity (Wildman–Crippen MR) is 168 cm³/mol. The fourth-order valence-electron chi connectivity index (χ4n) is 6.13. The molecule has 9 aromatic rings. The van der Waals surface area contributed by atoms with Gasteiger partial charge in [0.25, 0.3) is 0 Å². The zero-order valence-electron chi connectivity index (χ0n) is 19.6. The summed E-state index contributed by atoms with van der Waals surface area (Å²) in [4.78, 5) is 0. The Balaban J connectivity index is 1.71. The van der Waals surface area contributed by atoms with Gasteiger partial charge in [-0.2, -0.15) is 0 Å². The minimum Gasteiger partial charge on any atom is -0.135 e. The van der Waals surface area contributed by atoms with Crippen molar-refractivity contribution in [1.82, 2.24) is 0 Å². The Labute approximate surface area is 224 Å². The second-order valence-electron chi connectivity index (χ2n) is 9.62. The van der Waals surface area contributed by atoms with E-state index < -0.39 is 0 Å². The van der Waals surface area contributed by atoms with Crippen molar-refractivity contribution in [3.8, 4) is 11.1 Å². The molecule has 0 saturated carbocycles. The lowest BCUT2D eigenvalue weighted by Gasteiger charge is -2.13. The summed E-state index contributed by atoms with van der Waals surface area (Å²) in [6.45, 7) is 0. The summed E-state index contributed by atoms with van der Waals surface area (Å²) in [5.41, 5.74) is 2.62. The topological polar surface area (TPSA) is 0 Å². The van der Waals surface area contributed by atoms with Crippen LogP contribution in [0.2, 0.25) is 0 Å². The van der Waals surface area contributed by atoms with Gasteiger partial charge in [-0.25, -0.2) is 0 Å². The van der Waals surface area contributed by atoms with Crippen LogP contribution in [-0.4, -0.2) is 0 Å². The monoisotopic (exact) mass is 522 g/mol. The lowest BCUT2D eigenvalue weighted by molar-refractivity contribution is 1.69. The number of hydrogen-bond donors (Lipinski definition) is 0. The molecule has 37 heavy (non-hydrogen) atoms. The maximum atomic E-state index is 2.46. The van der Waals surface area contributed by atoms with Crippen LogP contribution in [0.4, 0.5) is 0 Å². The van der Waals surface area contributed by atoms with Crippen LogP contribution in [0.15, 0.2) is 109 Å². The van der Waals surface area contributed by atoms with E-state index in [9.17, 15) is 0 Å². The Bertz CT molecular complexity index is 2350. The van der Waals surface area contributed by atoms with Crippen molar-refractivity contribution in [2.75, 3.05) is 0 Å². The van der Waals surface area contributed by atoms with E-state index in [1.165, 1.54) is 82.4 Å². The van der Waals surface area contributed by atoms with Crippen LogP contribution in [0.5, 0.6) is 0 Å². The third-order valence-corrected chi connectivity index (χ3v) is 11.1. The third-order valence-electron chi connectivity index (χ3n) is 7.65. The molecule has 172 valence electrons. The highest BCUT2D eigenvalue weighted by molar-refractivity contribution is 7.31. The lowest BCUT2D eigenvalue weighted by atomic mass is 9.91. The first-order valence-corrected chi connectivity index (χ1v) is 14.9. The molecule has 3 aromatic heterocycles. The molecule has 0 fully saturated rings. The number of hydrogen-bond acceptors (Lipinski definition) is 3. The maximum absolute atomic E-state index is 2.46. The molecule has 0 amide bonds. The Morgan fingerprint density at radius 2 is 0.865 bits per heavy atom. The molecule has 0 aliphatic rings. The third kappa shape index (κ3) is 2.66. The van der Waals surface area contributed by atoms with Gasteiger partial charge >= 0.3 is 0 Å². The van der Waals surface area contributed by atoms with Crippen LogP contribution < -0.4 is 0 Å². The molecule has 3 heteroatoms. The van der Waals surface area contributed by atoms with Gasteiger partial charge in [-0.05, 0) is 35.4 Å². The van der Waals surface area contributed by atoms with E-state index in [-0.39, 0.29) is 0 Å². The molecule has 0 atom stereocenters. The van der Waals surface area contributed by atoms with Crippen molar-refractivity contribution in [3.63, 3.8) is 0 Å². The first-order chi connectivity index (χ1) is 18.4. The van der Waals surface area contributed by atoms with Crippen LogP contribution in [0.3, 0.4) is 0 Å². The van der Waals surface area contributed by atoms with Gasteiger partial charge in [0.2, 0.25) is 0 Å². The first kappa shape index (κ1) is 20.3. The molecule has 0 spiro atoms. The average molecular weight is 523 g/mol. The standard InChI is InChI=1S/C34H18S3/c1-2-10-19(11-3-1)23-18-27-28(20-12-4-7-15-24(20)35-27)32-29-21-13-5-8-16-25(21)36-33(29)31-22-14-6-9-17-26(22)37-34(31)30(23)32/h1-18H.